The first-order valence-electron chi connectivity index (χ1n) is 11.8. The van der Waals surface area contributed by atoms with Gasteiger partial charge in [-0.15, -0.1) is 0 Å². The molecule has 2 N–H and O–H groups in total. The van der Waals surface area contributed by atoms with E-state index in [4.69, 9.17) is 19.3 Å². The number of para-hydroxylation sites is 1. The van der Waals surface area contributed by atoms with Gasteiger partial charge in [-0.05, 0) is 83.1 Å². The maximum absolute atomic E-state index is 12.7. The molecule has 0 bridgehead atoms. The fraction of sp³-hybridized carbons (Fsp3) is 0.138. The van der Waals surface area contributed by atoms with E-state index in [0.29, 0.717) is 32.7 Å². The van der Waals surface area contributed by atoms with E-state index in [2.05, 4.69) is 27.6 Å². The number of aliphatic imine (C=N–C) groups is 1. The van der Waals surface area contributed by atoms with Crippen molar-refractivity contribution >= 4 is 63.1 Å². The number of carboxylic acid groups (broad SMARTS) is 1. The number of thioether (sulfide) groups is 1. The van der Waals surface area contributed by atoms with Crippen molar-refractivity contribution in [2.75, 3.05) is 13.7 Å². The zero-order valence-electron chi connectivity index (χ0n) is 21.0. The van der Waals surface area contributed by atoms with Crippen molar-refractivity contribution in [3.05, 3.63) is 103 Å². The molecule has 0 unspecified atom stereocenters. The second-order valence-electron chi connectivity index (χ2n) is 8.13. The molecule has 4 rings (SSSR count). The number of hydrogen-bond acceptors (Lipinski definition) is 8. The first kappa shape index (κ1) is 28.2. The van der Waals surface area contributed by atoms with Gasteiger partial charge in [-0.2, -0.15) is 0 Å². The van der Waals surface area contributed by atoms with Crippen LogP contribution in [0.25, 0.3) is 6.08 Å². The highest BCUT2D eigenvalue weighted by Crippen LogP contribution is 2.42. The van der Waals surface area contributed by atoms with Gasteiger partial charge in [0.05, 0.1) is 33.4 Å². The molecule has 3 aromatic rings. The summed E-state index contributed by atoms with van der Waals surface area (Å²) >= 11 is 3.31. The minimum absolute atomic E-state index is 0.0208. The summed E-state index contributed by atoms with van der Waals surface area (Å²) in [6.45, 7) is 2.08. The number of hydrogen-bond donors (Lipinski definition) is 2. The molecule has 1 aliphatic heterocycles. The van der Waals surface area contributed by atoms with Crippen molar-refractivity contribution in [1.82, 2.24) is 0 Å². The number of nitrogens with zero attached hydrogens (tertiary/aromatic N) is 1. The summed E-state index contributed by atoms with van der Waals surface area (Å²) in [5, 5.41) is 20.4. The lowest BCUT2D eigenvalue weighted by Gasteiger charge is -2.14. The summed E-state index contributed by atoms with van der Waals surface area (Å²) < 4.78 is 17.5. The van der Waals surface area contributed by atoms with Crippen LogP contribution >= 0.6 is 34.4 Å². The van der Waals surface area contributed by atoms with Gasteiger partial charge in [-0.1, -0.05) is 42.1 Å². The predicted molar refractivity (Wildman–Crippen MR) is 159 cm³/mol. The molecule has 1 aliphatic rings. The van der Waals surface area contributed by atoms with Crippen LogP contribution in [0, 0.1) is 3.57 Å². The number of rotatable bonds is 9. The normalized spacial score (nSPS) is 15.1. The zero-order chi connectivity index (χ0) is 27.9. The Kier molecular flexibility index (Phi) is 9.31. The molecule has 8 nitrogen and oxygen atoms in total. The lowest BCUT2D eigenvalue weighted by atomic mass is 10.1. The van der Waals surface area contributed by atoms with E-state index < -0.39 is 11.9 Å². The van der Waals surface area contributed by atoms with Crippen molar-refractivity contribution in [2.45, 2.75) is 13.5 Å². The standard InChI is InChI=1S/C29H24INO7S/c1-3-37-29(35)24-25(32)23(39-27(24)31-20-7-5-4-6-8-20)15-18-13-21(30)26(22(14-18)36-2)38-16-17-9-11-19(12-10-17)28(33)34/h4-15,32H,3,16H2,1-2H3,(H,33,34)/b23-15-,31-27?. The molecule has 0 aliphatic carbocycles. The second-order valence-corrected chi connectivity index (χ2v) is 10.3. The van der Waals surface area contributed by atoms with Gasteiger partial charge < -0.3 is 24.4 Å². The van der Waals surface area contributed by atoms with Crippen molar-refractivity contribution in [3.63, 3.8) is 0 Å². The number of carbonyl (C=O) groups excluding carboxylic acids is 1. The number of carbonyl (C=O) groups is 2. The van der Waals surface area contributed by atoms with E-state index in [0.717, 1.165) is 9.13 Å². The van der Waals surface area contributed by atoms with Crippen LogP contribution in [-0.4, -0.2) is 40.9 Å². The third-order valence-electron chi connectivity index (χ3n) is 5.49. The maximum Gasteiger partial charge on any atom is 0.344 e. The number of aromatic carboxylic acids is 1. The van der Waals surface area contributed by atoms with Gasteiger partial charge in [-0.25, -0.2) is 14.6 Å². The van der Waals surface area contributed by atoms with Gasteiger partial charge in [0.2, 0.25) is 0 Å². The number of benzene rings is 3. The predicted octanol–water partition coefficient (Wildman–Crippen LogP) is 6.77. The number of ether oxygens (including phenoxy) is 3. The van der Waals surface area contributed by atoms with Crippen molar-refractivity contribution in [3.8, 4) is 11.5 Å². The Morgan fingerprint density at radius 3 is 2.44 bits per heavy atom. The Morgan fingerprint density at radius 2 is 1.79 bits per heavy atom. The van der Waals surface area contributed by atoms with Gasteiger partial charge in [0.15, 0.2) is 11.5 Å². The Hall–Kier alpha value is -3.77. The maximum atomic E-state index is 12.7. The van der Waals surface area contributed by atoms with Gasteiger partial charge in [0.25, 0.3) is 0 Å². The van der Waals surface area contributed by atoms with E-state index in [-0.39, 0.29) is 30.1 Å². The third kappa shape index (κ3) is 6.82. The summed E-state index contributed by atoms with van der Waals surface area (Å²) in [5.41, 5.74) is 2.39. The Balaban J connectivity index is 1.62. The Morgan fingerprint density at radius 1 is 1.08 bits per heavy atom. The first-order valence-corrected chi connectivity index (χ1v) is 13.7. The molecule has 1 heterocycles. The highest BCUT2D eigenvalue weighted by Gasteiger charge is 2.33. The van der Waals surface area contributed by atoms with E-state index in [1.54, 1.807) is 31.2 Å². The Bertz CT molecular complexity index is 1480. The van der Waals surface area contributed by atoms with Gasteiger partial charge >= 0.3 is 11.9 Å². The number of aliphatic hydroxyl groups is 1. The molecule has 0 amide bonds. The average molecular weight is 657 g/mol. The fourth-order valence-electron chi connectivity index (χ4n) is 3.63. The van der Waals surface area contributed by atoms with Crippen LogP contribution in [0.5, 0.6) is 11.5 Å². The molecular weight excluding hydrogens is 633 g/mol. The number of carboxylic acids is 1. The number of methoxy groups -OCH3 is 1. The summed E-state index contributed by atoms with van der Waals surface area (Å²) in [6, 6.07) is 19.2. The second kappa shape index (κ2) is 12.9. The van der Waals surface area contributed by atoms with E-state index in [1.165, 1.54) is 31.0 Å². The quantitative estimate of drug-likeness (QED) is 0.192. The number of esters is 1. The lowest BCUT2D eigenvalue weighted by molar-refractivity contribution is -0.138. The molecule has 0 saturated carbocycles. The average Bonchev–Trinajstić information content (AvgIpc) is 3.22. The molecule has 0 atom stereocenters. The van der Waals surface area contributed by atoms with E-state index in [1.807, 2.05) is 36.4 Å². The smallest absolute Gasteiger partial charge is 0.344 e. The third-order valence-corrected chi connectivity index (χ3v) is 7.31. The molecule has 0 spiro atoms. The van der Waals surface area contributed by atoms with Gasteiger partial charge in [0.1, 0.15) is 23.0 Å². The molecule has 39 heavy (non-hydrogen) atoms. The van der Waals surface area contributed by atoms with Crippen LogP contribution in [0.15, 0.2) is 88.0 Å². The summed E-state index contributed by atoms with van der Waals surface area (Å²) in [5.74, 6) is -0.830. The van der Waals surface area contributed by atoms with Crippen LogP contribution in [0.4, 0.5) is 5.69 Å². The van der Waals surface area contributed by atoms with E-state index >= 15 is 0 Å². The van der Waals surface area contributed by atoms with Gasteiger partial charge in [0, 0.05) is 0 Å². The molecule has 200 valence electrons. The molecule has 0 radical (unpaired) electrons. The summed E-state index contributed by atoms with van der Waals surface area (Å²) in [4.78, 5) is 28.7. The zero-order valence-corrected chi connectivity index (χ0v) is 24.0. The summed E-state index contributed by atoms with van der Waals surface area (Å²) in [7, 11) is 1.53. The van der Waals surface area contributed by atoms with Crippen molar-refractivity contribution in [2.24, 2.45) is 4.99 Å². The number of halogens is 1. The van der Waals surface area contributed by atoms with Gasteiger partial charge in [-0.3, -0.25) is 0 Å². The SMILES string of the molecule is CCOC(=O)C1=C(O)/C(=C/c2cc(I)c(OCc3ccc(C(=O)O)cc3)c(OC)c2)SC1=Nc1ccccc1. The molecule has 0 fully saturated rings. The molecule has 10 heteroatoms. The molecule has 0 saturated heterocycles. The molecular formula is C29H24INO7S. The molecule has 3 aromatic carbocycles. The Labute approximate surface area is 243 Å². The van der Waals surface area contributed by atoms with Crippen molar-refractivity contribution in [1.29, 1.82) is 0 Å². The van der Waals surface area contributed by atoms with E-state index in [9.17, 15) is 14.7 Å². The lowest BCUT2D eigenvalue weighted by Crippen LogP contribution is -2.12. The minimum atomic E-state index is -0.988. The van der Waals surface area contributed by atoms with Crippen molar-refractivity contribution < 1.29 is 34.0 Å². The topological polar surface area (TPSA) is 115 Å². The first-order chi connectivity index (χ1) is 18.8. The fourth-order valence-corrected chi connectivity index (χ4v) is 5.44. The highest BCUT2D eigenvalue weighted by molar-refractivity contribution is 14.1. The van der Waals surface area contributed by atoms with Crippen LogP contribution in [0.2, 0.25) is 0 Å². The molecule has 0 aromatic heterocycles. The largest absolute Gasteiger partial charge is 0.506 e. The minimum Gasteiger partial charge on any atom is -0.506 e. The monoisotopic (exact) mass is 657 g/mol. The van der Waals surface area contributed by atoms with Crippen LogP contribution in [0.3, 0.4) is 0 Å². The highest BCUT2D eigenvalue weighted by atomic mass is 127. The van der Waals surface area contributed by atoms with Crippen LogP contribution in [-0.2, 0) is 16.1 Å². The summed E-state index contributed by atoms with van der Waals surface area (Å²) in [6.07, 6.45) is 1.74. The van der Waals surface area contributed by atoms with Crippen LogP contribution < -0.4 is 9.47 Å². The number of aliphatic hydroxyl groups excluding tert-OH is 1. The van der Waals surface area contributed by atoms with Crippen LogP contribution in [0.1, 0.15) is 28.4 Å².